The van der Waals surface area contributed by atoms with Gasteiger partial charge in [-0.25, -0.2) is 0 Å². The molecule has 1 aromatic rings. The van der Waals surface area contributed by atoms with E-state index in [1.54, 1.807) is 0 Å². The Kier molecular flexibility index (Phi) is 4.97. The second kappa shape index (κ2) is 6.39. The van der Waals surface area contributed by atoms with Crippen molar-refractivity contribution in [2.45, 2.75) is 64.7 Å². The highest BCUT2D eigenvalue weighted by Crippen LogP contribution is 2.38. The number of hydrogen-bond acceptors (Lipinski definition) is 1. The Balaban J connectivity index is 2.11. The molecular weight excluding hydrogens is 275 g/mol. The van der Waals surface area contributed by atoms with Gasteiger partial charge in [-0.05, 0) is 44.7 Å². The van der Waals surface area contributed by atoms with E-state index in [9.17, 15) is 13.2 Å². The van der Waals surface area contributed by atoms with E-state index >= 15 is 0 Å². The van der Waals surface area contributed by atoms with E-state index in [-0.39, 0.29) is 12.5 Å². The summed E-state index contributed by atoms with van der Waals surface area (Å²) in [7, 11) is 0. The van der Waals surface area contributed by atoms with Crippen LogP contribution in [-0.4, -0.2) is 12.2 Å². The highest BCUT2D eigenvalue weighted by Gasteiger charge is 2.45. The van der Waals surface area contributed by atoms with Crippen molar-refractivity contribution in [3.63, 3.8) is 0 Å². The van der Waals surface area contributed by atoms with Gasteiger partial charge in [0.15, 0.2) is 0 Å². The van der Waals surface area contributed by atoms with E-state index in [4.69, 9.17) is 0 Å². The molecule has 0 aliphatic heterocycles. The molecule has 0 amide bonds. The molecule has 2 rings (SSSR count). The SMILES string of the molecule is Cc1ccc(C(C)NC2CCCCC2C(F)(F)F)c(C)c1. The van der Waals surface area contributed by atoms with Crippen molar-refractivity contribution in [1.82, 2.24) is 5.32 Å². The maximum Gasteiger partial charge on any atom is 0.393 e. The molecule has 1 aliphatic rings. The van der Waals surface area contributed by atoms with Crippen molar-refractivity contribution >= 4 is 0 Å². The molecular formula is C17H24F3N. The van der Waals surface area contributed by atoms with Crippen molar-refractivity contribution in [3.05, 3.63) is 34.9 Å². The maximum absolute atomic E-state index is 13.1. The molecule has 1 nitrogen and oxygen atoms in total. The average molecular weight is 299 g/mol. The zero-order valence-electron chi connectivity index (χ0n) is 12.9. The minimum atomic E-state index is -4.10. The lowest BCUT2D eigenvalue weighted by Gasteiger charge is -2.35. The van der Waals surface area contributed by atoms with Crippen molar-refractivity contribution < 1.29 is 13.2 Å². The summed E-state index contributed by atoms with van der Waals surface area (Å²) in [5.74, 6) is -1.21. The van der Waals surface area contributed by atoms with Gasteiger partial charge in [-0.15, -0.1) is 0 Å². The van der Waals surface area contributed by atoms with Crippen LogP contribution in [-0.2, 0) is 0 Å². The van der Waals surface area contributed by atoms with Crippen LogP contribution in [0.15, 0.2) is 18.2 Å². The summed E-state index contributed by atoms with van der Waals surface area (Å²) >= 11 is 0. The Morgan fingerprint density at radius 3 is 2.43 bits per heavy atom. The number of hydrogen-bond donors (Lipinski definition) is 1. The second-order valence-electron chi connectivity index (χ2n) is 6.29. The molecule has 0 radical (unpaired) electrons. The Bertz CT molecular complexity index is 481. The molecule has 0 heterocycles. The highest BCUT2D eigenvalue weighted by atomic mass is 19.4. The van der Waals surface area contributed by atoms with E-state index in [1.807, 2.05) is 32.9 Å². The second-order valence-corrected chi connectivity index (χ2v) is 6.29. The van der Waals surface area contributed by atoms with Gasteiger partial charge in [0, 0.05) is 12.1 Å². The van der Waals surface area contributed by atoms with Crippen LogP contribution in [0.4, 0.5) is 13.2 Å². The molecule has 0 bridgehead atoms. The smallest absolute Gasteiger partial charge is 0.307 e. The predicted molar refractivity (Wildman–Crippen MR) is 79.3 cm³/mol. The van der Waals surface area contributed by atoms with Crippen LogP contribution < -0.4 is 5.32 Å². The van der Waals surface area contributed by atoms with Crippen LogP contribution in [0.1, 0.15) is 55.3 Å². The van der Waals surface area contributed by atoms with Gasteiger partial charge in [-0.2, -0.15) is 13.2 Å². The summed E-state index contributed by atoms with van der Waals surface area (Å²) in [6.45, 7) is 6.00. The molecule has 21 heavy (non-hydrogen) atoms. The lowest BCUT2D eigenvalue weighted by molar-refractivity contribution is -0.189. The van der Waals surface area contributed by atoms with Crippen molar-refractivity contribution in [1.29, 1.82) is 0 Å². The Hall–Kier alpha value is -1.03. The fraction of sp³-hybridized carbons (Fsp3) is 0.647. The monoisotopic (exact) mass is 299 g/mol. The Labute approximate surface area is 124 Å². The van der Waals surface area contributed by atoms with E-state index in [1.165, 1.54) is 5.56 Å². The van der Waals surface area contributed by atoms with Crippen LogP contribution in [0, 0.1) is 19.8 Å². The van der Waals surface area contributed by atoms with E-state index in [0.29, 0.717) is 12.8 Å². The molecule has 4 heteroatoms. The van der Waals surface area contributed by atoms with E-state index < -0.39 is 18.1 Å². The quantitative estimate of drug-likeness (QED) is 0.821. The molecule has 1 fully saturated rings. The average Bonchev–Trinajstić information content (AvgIpc) is 2.37. The lowest BCUT2D eigenvalue weighted by Crippen LogP contribution is -2.46. The number of halogens is 3. The summed E-state index contributed by atoms with van der Waals surface area (Å²) in [5.41, 5.74) is 3.40. The molecule has 1 aliphatic carbocycles. The number of aryl methyl sites for hydroxylation is 2. The third-order valence-corrected chi connectivity index (χ3v) is 4.54. The van der Waals surface area contributed by atoms with Crippen LogP contribution in [0.2, 0.25) is 0 Å². The van der Waals surface area contributed by atoms with Crippen molar-refractivity contribution in [2.75, 3.05) is 0 Å². The molecule has 3 atom stereocenters. The van der Waals surface area contributed by atoms with Gasteiger partial charge >= 0.3 is 6.18 Å². The first-order chi connectivity index (χ1) is 9.79. The van der Waals surface area contributed by atoms with Crippen LogP contribution in [0.3, 0.4) is 0 Å². The van der Waals surface area contributed by atoms with E-state index in [0.717, 1.165) is 17.5 Å². The van der Waals surface area contributed by atoms with Gasteiger partial charge in [0.05, 0.1) is 5.92 Å². The summed E-state index contributed by atoms with van der Waals surface area (Å²) in [4.78, 5) is 0. The van der Waals surface area contributed by atoms with Crippen LogP contribution in [0.25, 0.3) is 0 Å². The largest absolute Gasteiger partial charge is 0.393 e. The van der Waals surface area contributed by atoms with Gasteiger partial charge in [0.25, 0.3) is 0 Å². The molecule has 1 N–H and O–H groups in total. The standard InChI is InChI=1S/C17H24F3N/c1-11-8-9-14(12(2)10-11)13(3)21-16-7-5-4-6-15(16)17(18,19)20/h8-10,13,15-16,21H,4-7H2,1-3H3. The molecule has 3 unspecified atom stereocenters. The highest BCUT2D eigenvalue weighted by molar-refractivity contribution is 5.32. The van der Waals surface area contributed by atoms with Crippen molar-refractivity contribution in [3.8, 4) is 0 Å². The first-order valence-corrected chi connectivity index (χ1v) is 7.69. The van der Waals surface area contributed by atoms with Gasteiger partial charge in [-0.1, -0.05) is 36.6 Å². The summed E-state index contributed by atoms with van der Waals surface area (Å²) in [5, 5.41) is 3.23. The number of alkyl halides is 3. The van der Waals surface area contributed by atoms with E-state index in [2.05, 4.69) is 11.4 Å². The third-order valence-electron chi connectivity index (χ3n) is 4.54. The molecule has 0 aromatic heterocycles. The molecule has 0 spiro atoms. The number of nitrogens with one attached hydrogen (secondary N) is 1. The number of rotatable bonds is 3. The zero-order valence-corrected chi connectivity index (χ0v) is 12.9. The van der Waals surface area contributed by atoms with Gasteiger partial charge in [0.1, 0.15) is 0 Å². The van der Waals surface area contributed by atoms with Gasteiger partial charge in [0.2, 0.25) is 0 Å². The Morgan fingerprint density at radius 1 is 1.14 bits per heavy atom. The molecule has 118 valence electrons. The van der Waals surface area contributed by atoms with Crippen LogP contribution >= 0.6 is 0 Å². The first kappa shape index (κ1) is 16.3. The zero-order chi connectivity index (χ0) is 15.6. The van der Waals surface area contributed by atoms with Crippen molar-refractivity contribution in [2.24, 2.45) is 5.92 Å². The van der Waals surface area contributed by atoms with Gasteiger partial charge < -0.3 is 5.32 Å². The fourth-order valence-electron chi connectivity index (χ4n) is 3.44. The topological polar surface area (TPSA) is 12.0 Å². The lowest BCUT2D eigenvalue weighted by atomic mass is 9.83. The third kappa shape index (κ3) is 4.00. The minimum Gasteiger partial charge on any atom is -0.307 e. The molecule has 0 saturated heterocycles. The fourth-order valence-corrected chi connectivity index (χ4v) is 3.44. The summed E-state index contributed by atoms with van der Waals surface area (Å²) in [6.07, 6.45) is -1.68. The first-order valence-electron chi connectivity index (χ1n) is 7.69. The maximum atomic E-state index is 13.1. The number of benzene rings is 1. The van der Waals surface area contributed by atoms with Crippen LogP contribution in [0.5, 0.6) is 0 Å². The predicted octanol–water partition coefficient (Wildman–Crippen LogP) is 5.08. The molecule has 1 saturated carbocycles. The Morgan fingerprint density at radius 2 is 1.81 bits per heavy atom. The normalized spacial score (nSPS) is 24.9. The summed E-state index contributed by atoms with van der Waals surface area (Å²) < 4.78 is 39.4. The van der Waals surface area contributed by atoms with Gasteiger partial charge in [-0.3, -0.25) is 0 Å². The summed E-state index contributed by atoms with van der Waals surface area (Å²) in [6, 6.07) is 5.60. The minimum absolute atomic E-state index is 0.0569. The molecule has 1 aromatic carbocycles.